The van der Waals surface area contributed by atoms with E-state index < -0.39 is 5.97 Å². The number of hydrogen-bond acceptors (Lipinski definition) is 1. The van der Waals surface area contributed by atoms with Gasteiger partial charge in [-0.05, 0) is 32.1 Å². The highest BCUT2D eigenvalue weighted by Crippen LogP contribution is 2.10. The first-order chi connectivity index (χ1) is 10.8. The zero-order valence-electron chi connectivity index (χ0n) is 14.6. The molecule has 22 heavy (non-hydrogen) atoms. The quantitative estimate of drug-likeness (QED) is 0.255. The first-order valence-electron chi connectivity index (χ1n) is 9.29. The summed E-state index contributed by atoms with van der Waals surface area (Å²) in [5, 5.41) is 8.50. The average molecular weight is 309 g/mol. The number of unbranched alkanes of at least 4 members (excludes halogenated alkanes) is 10. The molecule has 0 aromatic carbocycles. The maximum Gasteiger partial charge on any atom is 0.303 e. The molecular weight excluding hydrogens is 272 g/mol. The molecule has 2 heteroatoms. The molecule has 0 bridgehead atoms. The van der Waals surface area contributed by atoms with Crippen molar-refractivity contribution < 1.29 is 9.90 Å². The predicted octanol–water partition coefficient (Wildman–Crippen LogP) is 6.66. The predicted molar refractivity (Wildman–Crippen MR) is 96.2 cm³/mol. The lowest BCUT2D eigenvalue weighted by Crippen LogP contribution is -1.92. The van der Waals surface area contributed by atoms with Crippen molar-refractivity contribution in [1.29, 1.82) is 0 Å². The molecule has 0 aromatic rings. The van der Waals surface area contributed by atoms with Crippen LogP contribution in [0.1, 0.15) is 96.8 Å². The van der Waals surface area contributed by atoms with E-state index in [9.17, 15) is 4.79 Å². The van der Waals surface area contributed by atoms with Gasteiger partial charge in [-0.1, -0.05) is 82.6 Å². The van der Waals surface area contributed by atoms with Gasteiger partial charge in [0.2, 0.25) is 0 Å². The maximum atomic E-state index is 10.3. The summed E-state index contributed by atoms with van der Waals surface area (Å²) in [5.41, 5.74) is 0. The summed E-state index contributed by atoms with van der Waals surface area (Å²) in [4.78, 5) is 10.3. The third-order valence-corrected chi connectivity index (χ3v) is 3.84. The Labute approximate surface area is 137 Å². The third kappa shape index (κ3) is 18.9. The molecule has 0 spiro atoms. The molecule has 1 N–H and O–H groups in total. The summed E-state index contributed by atoms with van der Waals surface area (Å²) < 4.78 is 0. The molecule has 0 rings (SSSR count). The number of aliphatic carboxylic acids is 1. The van der Waals surface area contributed by atoms with E-state index in [0.29, 0.717) is 0 Å². The van der Waals surface area contributed by atoms with E-state index in [1.807, 2.05) is 0 Å². The van der Waals surface area contributed by atoms with E-state index in [0.717, 1.165) is 19.3 Å². The van der Waals surface area contributed by atoms with E-state index in [1.165, 1.54) is 64.2 Å². The Morgan fingerprint density at radius 3 is 1.77 bits per heavy atom. The molecule has 0 radical (unpaired) electrons. The van der Waals surface area contributed by atoms with Gasteiger partial charge in [0.25, 0.3) is 0 Å². The van der Waals surface area contributed by atoms with Gasteiger partial charge in [0.15, 0.2) is 0 Å². The summed E-state index contributed by atoms with van der Waals surface area (Å²) in [6.45, 7) is 2.27. The molecule has 0 saturated carbocycles. The lowest BCUT2D eigenvalue weighted by molar-refractivity contribution is -0.137. The Morgan fingerprint density at radius 2 is 1.23 bits per heavy atom. The van der Waals surface area contributed by atoms with Crippen molar-refractivity contribution in [2.45, 2.75) is 96.8 Å². The van der Waals surface area contributed by atoms with Crippen molar-refractivity contribution in [2.24, 2.45) is 0 Å². The summed E-state index contributed by atoms with van der Waals surface area (Å²) in [7, 11) is 0. The van der Waals surface area contributed by atoms with Gasteiger partial charge in [-0.3, -0.25) is 4.79 Å². The molecule has 0 heterocycles. The van der Waals surface area contributed by atoms with Gasteiger partial charge in [0.1, 0.15) is 0 Å². The number of hydrogen-bond donors (Lipinski definition) is 1. The minimum absolute atomic E-state index is 0.277. The number of carbonyl (C=O) groups is 1. The second-order valence-corrected chi connectivity index (χ2v) is 6.08. The van der Waals surface area contributed by atoms with Crippen LogP contribution in [0, 0.1) is 0 Å². The molecule has 0 saturated heterocycles. The highest BCUT2D eigenvalue weighted by atomic mass is 16.4. The number of carboxylic acids is 1. The first kappa shape index (κ1) is 20.9. The fourth-order valence-electron chi connectivity index (χ4n) is 2.45. The van der Waals surface area contributed by atoms with Gasteiger partial charge in [-0.15, -0.1) is 0 Å². The zero-order valence-corrected chi connectivity index (χ0v) is 14.6. The van der Waals surface area contributed by atoms with Crippen molar-refractivity contribution in [3.05, 3.63) is 24.3 Å². The average Bonchev–Trinajstić information content (AvgIpc) is 2.50. The molecule has 0 aliphatic rings. The minimum Gasteiger partial charge on any atom is -0.481 e. The highest BCUT2D eigenvalue weighted by Gasteiger charge is 1.93. The van der Waals surface area contributed by atoms with Gasteiger partial charge < -0.3 is 5.11 Å². The van der Waals surface area contributed by atoms with Crippen LogP contribution in [-0.2, 0) is 4.79 Å². The highest BCUT2D eigenvalue weighted by molar-refractivity contribution is 5.66. The molecule has 2 nitrogen and oxygen atoms in total. The maximum absolute atomic E-state index is 10.3. The lowest BCUT2D eigenvalue weighted by Gasteiger charge is -2.00. The van der Waals surface area contributed by atoms with Crippen molar-refractivity contribution >= 4 is 5.97 Å². The topological polar surface area (TPSA) is 37.3 Å². The van der Waals surface area contributed by atoms with Gasteiger partial charge in [-0.25, -0.2) is 0 Å². The Balaban J connectivity index is 3.17. The van der Waals surface area contributed by atoms with Gasteiger partial charge in [0, 0.05) is 6.42 Å². The summed E-state index contributed by atoms with van der Waals surface area (Å²) in [6.07, 6.45) is 25.3. The van der Waals surface area contributed by atoms with Gasteiger partial charge >= 0.3 is 5.97 Å². The van der Waals surface area contributed by atoms with Crippen LogP contribution in [0.5, 0.6) is 0 Å². The lowest BCUT2D eigenvalue weighted by atomic mass is 10.1. The molecule has 0 unspecified atom stereocenters. The third-order valence-electron chi connectivity index (χ3n) is 3.84. The Hall–Kier alpha value is -1.05. The normalized spacial score (nSPS) is 11.7. The van der Waals surface area contributed by atoms with Gasteiger partial charge in [-0.2, -0.15) is 0 Å². The molecule has 0 aromatic heterocycles. The van der Waals surface area contributed by atoms with E-state index in [4.69, 9.17) is 5.11 Å². The second-order valence-electron chi connectivity index (χ2n) is 6.08. The number of allylic oxidation sites excluding steroid dienone is 4. The van der Waals surface area contributed by atoms with E-state index in [-0.39, 0.29) is 6.42 Å². The number of rotatable bonds is 16. The minimum atomic E-state index is -0.700. The smallest absolute Gasteiger partial charge is 0.303 e. The zero-order chi connectivity index (χ0) is 16.3. The van der Waals surface area contributed by atoms with E-state index in [1.54, 1.807) is 0 Å². The van der Waals surface area contributed by atoms with Crippen LogP contribution in [0.15, 0.2) is 24.3 Å². The van der Waals surface area contributed by atoms with Crippen LogP contribution in [0.25, 0.3) is 0 Å². The van der Waals surface area contributed by atoms with Crippen LogP contribution < -0.4 is 0 Å². The molecule has 0 aliphatic carbocycles. The Bertz CT molecular complexity index is 292. The van der Waals surface area contributed by atoms with E-state index in [2.05, 4.69) is 31.2 Å². The van der Waals surface area contributed by atoms with E-state index >= 15 is 0 Å². The number of carboxylic acid groups (broad SMARTS) is 1. The van der Waals surface area contributed by atoms with Crippen LogP contribution in [0.2, 0.25) is 0 Å². The largest absolute Gasteiger partial charge is 0.481 e. The SMILES string of the molecule is CCCCCCCCCCCC=CCC=CCCCC(=O)O. The van der Waals surface area contributed by atoms with Crippen LogP contribution in [0.4, 0.5) is 0 Å². The van der Waals surface area contributed by atoms with Gasteiger partial charge in [0.05, 0.1) is 0 Å². The Kier molecular flexibility index (Phi) is 17.1. The Morgan fingerprint density at radius 1 is 0.727 bits per heavy atom. The molecule has 0 fully saturated rings. The molecular formula is C20H36O2. The monoisotopic (exact) mass is 308 g/mol. The van der Waals surface area contributed by atoms with Crippen LogP contribution >= 0.6 is 0 Å². The molecule has 0 amide bonds. The van der Waals surface area contributed by atoms with Crippen molar-refractivity contribution in [3.8, 4) is 0 Å². The summed E-state index contributed by atoms with van der Waals surface area (Å²) >= 11 is 0. The van der Waals surface area contributed by atoms with Crippen molar-refractivity contribution in [2.75, 3.05) is 0 Å². The van der Waals surface area contributed by atoms with Crippen LogP contribution in [-0.4, -0.2) is 11.1 Å². The molecule has 0 aliphatic heterocycles. The fraction of sp³-hybridized carbons (Fsp3) is 0.750. The second kappa shape index (κ2) is 18.0. The molecule has 128 valence electrons. The first-order valence-corrected chi connectivity index (χ1v) is 9.29. The van der Waals surface area contributed by atoms with Crippen LogP contribution in [0.3, 0.4) is 0 Å². The summed E-state index contributed by atoms with van der Waals surface area (Å²) in [6, 6.07) is 0. The van der Waals surface area contributed by atoms with Crippen molar-refractivity contribution in [3.63, 3.8) is 0 Å². The standard InChI is InChI=1S/C20H36O2/c1-2-3-4-5-6-7-8-9-10-11-12-13-14-15-16-17-18-19-20(21)22/h12-13,15-16H,2-11,14,17-19H2,1H3,(H,21,22). The molecule has 0 atom stereocenters. The fourth-order valence-corrected chi connectivity index (χ4v) is 2.45. The summed E-state index contributed by atoms with van der Waals surface area (Å²) in [5.74, 6) is -0.700. The van der Waals surface area contributed by atoms with Crippen molar-refractivity contribution in [1.82, 2.24) is 0 Å².